The third-order valence-electron chi connectivity index (χ3n) is 4.58. The van der Waals surface area contributed by atoms with Gasteiger partial charge in [0, 0.05) is 36.1 Å². The summed E-state index contributed by atoms with van der Waals surface area (Å²) in [6.07, 6.45) is 1.95. The van der Waals surface area contributed by atoms with Crippen LogP contribution in [0.25, 0.3) is 10.9 Å². The van der Waals surface area contributed by atoms with Crippen LogP contribution >= 0.6 is 0 Å². The molecule has 126 valence electrons. The van der Waals surface area contributed by atoms with Crippen molar-refractivity contribution in [1.82, 2.24) is 9.88 Å². The minimum absolute atomic E-state index is 0.688. The van der Waals surface area contributed by atoms with Crippen molar-refractivity contribution in [3.8, 4) is 0 Å². The zero-order valence-electron chi connectivity index (χ0n) is 14.7. The number of nitrogens with zero attached hydrogens (tertiary/aromatic N) is 1. The van der Waals surface area contributed by atoms with Crippen molar-refractivity contribution >= 4 is 10.9 Å². The summed E-state index contributed by atoms with van der Waals surface area (Å²) < 4.78 is 0. The number of fused-ring (bicyclic) bond motifs is 1. The van der Waals surface area contributed by atoms with Crippen LogP contribution in [0.1, 0.15) is 22.4 Å². The van der Waals surface area contributed by atoms with Gasteiger partial charge in [-0.3, -0.25) is 0 Å². The fourth-order valence-corrected chi connectivity index (χ4v) is 3.34. The lowest BCUT2D eigenvalue weighted by molar-refractivity contribution is 0.330. The van der Waals surface area contributed by atoms with Gasteiger partial charge in [-0.2, -0.15) is 0 Å². The Morgan fingerprint density at radius 1 is 1.04 bits per heavy atom. The molecular formula is C21H27N3. The molecule has 0 spiro atoms. The monoisotopic (exact) mass is 321 g/mol. The van der Waals surface area contributed by atoms with Crippen LogP contribution in [0.3, 0.4) is 0 Å². The molecule has 3 nitrogen and oxygen atoms in total. The normalized spacial score (nSPS) is 11.5. The molecule has 1 aromatic heterocycles. The third-order valence-corrected chi connectivity index (χ3v) is 4.58. The van der Waals surface area contributed by atoms with Gasteiger partial charge in [0.25, 0.3) is 0 Å². The standard InChI is InChI=1S/C21H27N3/c1-16-8-9-20-19(14-16)18(10-12-22)21(23-20)11-13-24(2)15-17-6-4-3-5-7-17/h3-9,14,23H,10-13,15,22H2,1-2H3. The molecule has 1 heterocycles. The lowest BCUT2D eigenvalue weighted by atomic mass is 10.0. The SMILES string of the molecule is Cc1ccc2[nH]c(CCN(C)Cc3ccccc3)c(CCN)c2c1. The highest BCUT2D eigenvalue weighted by Crippen LogP contribution is 2.24. The summed E-state index contributed by atoms with van der Waals surface area (Å²) in [6.45, 7) is 4.84. The van der Waals surface area contributed by atoms with Crippen LogP contribution in [0.15, 0.2) is 48.5 Å². The molecule has 0 aliphatic heterocycles. The predicted molar refractivity (Wildman–Crippen MR) is 102 cm³/mol. The highest BCUT2D eigenvalue weighted by atomic mass is 15.1. The van der Waals surface area contributed by atoms with Gasteiger partial charge in [-0.15, -0.1) is 0 Å². The Morgan fingerprint density at radius 3 is 2.58 bits per heavy atom. The highest BCUT2D eigenvalue weighted by Gasteiger charge is 2.12. The maximum absolute atomic E-state index is 5.85. The Bertz CT molecular complexity index is 789. The zero-order chi connectivity index (χ0) is 16.9. The van der Waals surface area contributed by atoms with Gasteiger partial charge in [-0.1, -0.05) is 42.0 Å². The first-order chi connectivity index (χ1) is 11.7. The lowest BCUT2D eigenvalue weighted by Gasteiger charge is -2.16. The van der Waals surface area contributed by atoms with E-state index in [1.807, 2.05) is 0 Å². The van der Waals surface area contributed by atoms with Crippen molar-refractivity contribution in [1.29, 1.82) is 0 Å². The van der Waals surface area contributed by atoms with E-state index in [1.165, 1.54) is 33.3 Å². The molecule has 0 aliphatic carbocycles. The first kappa shape index (κ1) is 16.7. The van der Waals surface area contributed by atoms with E-state index in [9.17, 15) is 0 Å². The molecule has 3 N–H and O–H groups in total. The van der Waals surface area contributed by atoms with Crippen molar-refractivity contribution in [2.45, 2.75) is 26.3 Å². The summed E-state index contributed by atoms with van der Waals surface area (Å²) >= 11 is 0. The first-order valence-electron chi connectivity index (χ1n) is 8.70. The summed E-state index contributed by atoms with van der Waals surface area (Å²) in [7, 11) is 2.18. The molecule has 0 amide bonds. The van der Waals surface area contributed by atoms with E-state index in [1.54, 1.807) is 0 Å². The minimum atomic E-state index is 0.688. The van der Waals surface area contributed by atoms with Crippen molar-refractivity contribution < 1.29 is 0 Å². The number of aryl methyl sites for hydroxylation is 1. The molecule has 0 unspecified atom stereocenters. The summed E-state index contributed by atoms with van der Waals surface area (Å²) in [5, 5.41) is 1.33. The maximum atomic E-state index is 5.85. The fraction of sp³-hybridized carbons (Fsp3) is 0.333. The van der Waals surface area contributed by atoms with Crippen LogP contribution in [0.5, 0.6) is 0 Å². The molecule has 0 bridgehead atoms. The summed E-state index contributed by atoms with van der Waals surface area (Å²) in [6, 6.07) is 17.2. The fourth-order valence-electron chi connectivity index (χ4n) is 3.34. The molecule has 0 saturated heterocycles. The Morgan fingerprint density at radius 2 is 1.83 bits per heavy atom. The van der Waals surface area contributed by atoms with E-state index >= 15 is 0 Å². The van der Waals surface area contributed by atoms with Gasteiger partial charge < -0.3 is 15.6 Å². The molecule has 2 aromatic carbocycles. The summed E-state index contributed by atoms with van der Waals surface area (Å²) in [5.41, 5.74) is 12.5. The van der Waals surface area contributed by atoms with Crippen LogP contribution < -0.4 is 5.73 Å². The average molecular weight is 321 g/mol. The van der Waals surface area contributed by atoms with Crippen molar-refractivity contribution in [2.75, 3.05) is 20.1 Å². The molecular weight excluding hydrogens is 294 g/mol. The number of H-pyrrole nitrogens is 1. The lowest BCUT2D eigenvalue weighted by Crippen LogP contribution is -2.21. The largest absolute Gasteiger partial charge is 0.358 e. The quantitative estimate of drug-likeness (QED) is 0.697. The van der Waals surface area contributed by atoms with Crippen molar-refractivity contribution in [2.24, 2.45) is 5.73 Å². The molecule has 0 atom stereocenters. The molecule has 0 radical (unpaired) electrons. The van der Waals surface area contributed by atoms with Gasteiger partial charge in [0.1, 0.15) is 0 Å². The van der Waals surface area contributed by atoms with Crippen molar-refractivity contribution in [3.05, 3.63) is 70.9 Å². The van der Waals surface area contributed by atoms with Gasteiger partial charge in [0.05, 0.1) is 0 Å². The molecule has 3 aromatic rings. The minimum Gasteiger partial charge on any atom is -0.358 e. The topological polar surface area (TPSA) is 45.0 Å². The van der Waals surface area contributed by atoms with Crippen LogP contribution in [0.4, 0.5) is 0 Å². The first-order valence-corrected chi connectivity index (χ1v) is 8.70. The van der Waals surface area contributed by atoms with Crippen molar-refractivity contribution in [3.63, 3.8) is 0 Å². The number of rotatable bonds is 7. The zero-order valence-corrected chi connectivity index (χ0v) is 14.7. The average Bonchev–Trinajstić information content (AvgIpc) is 2.91. The smallest absolute Gasteiger partial charge is 0.0459 e. The Kier molecular flexibility index (Phi) is 5.34. The second-order valence-electron chi connectivity index (χ2n) is 6.64. The third kappa shape index (κ3) is 3.86. The number of hydrogen-bond acceptors (Lipinski definition) is 2. The van der Waals surface area contributed by atoms with E-state index in [2.05, 4.69) is 72.4 Å². The second kappa shape index (κ2) is 7.65. The van der Waals surface area contributed by atoms with Crippen LogP contribution in [0.2, 0.25) is 0 Å². The van der Waals surface area contributed by atoms with E-state index in [0.29, 0.717) is 6.54 Å². The Hall–Kier alpha value is -2.10. The number of aromatic amines is 1. The number of benzene rings is 2. The number of nitrogens with one attached hydrogen (secondary N) is 1. The molecule has 0 aliphatic rings. The van der Waals surface area contributed by atoms with E-state index in [4.69, 9.17) is 5.73 Å². The highest BCUT2D eigenvalue weighted by molar-refractivity contribution is 5.85. The van der Waals surface area contributed by atoms with E-state index in [-0.39, 0.29) is 0 Å². The molecule has 3 heteroatoms. The van der Waals surface area contributed by atoms with E-state index in [0.717, 1.165) is 25.9 Å². The van der Waals surface area contributed by atoms with Crippen LogP contribution in [-0.4, -0.2) is 30.0 Å². The van der Waals surface area contributed by atoms with Gasteiger partial charge in [0.2, 0.25) is 0 Å². The summed E-state index contributed by atoms with van der Waals surface area (Å²) in [4.78, 5) is 5.99. The molecule has 24 heavy (non-hydrogen) atoms. The maximum Gasteiger partial charge on any atom is 0.0459 e. The number of hydrogen-bond donors (Lipinski definition) is 2. The second-order valence-corrected chi connectivity index (χ2v) is 6.64. The van der Waals surface area contributed by atoms with Gasteiger partial charge in [-0.25, -0.2) is 0 Å². The van der Waals surface area contributed by atoms with E-state index < -0.39 is 0 Å². The molecule has 3 rings (SSSR count). The van der Waals surface area contributed by atoms with Crippen LogP contribution in [0, 0.1) is 6.92 Å². The Labute approximate surface area is 144 Å². The predicted octanol–water partition coefficient (Wildman–Crippen LogP) is 3.65. The number of aromatic nitrogens is 1. The molecule has 0 saturated carbocycles. The number of nitrogens with two attached hydrogens (primary N) is 1. The number of likely N-dealkylation sites (N-methyl/N-ethyl adjacent to an activating group) is 1. The van der Waals surface area contributed by atoms with Crippen LogP contribution in [-0.2, 0) is 19.4 Å². The Balaban J connectivity index is 1.73. The molecule has 0 fully saturated rings. The van der Waals surface area contributed by atoms with Gasteiger partial charge in [-0.05, 0) is 50.2 Å². The summed E-state index contributed by atoms with van der Waals surface area (Å²) in [5.74, 6) is 0. The van der Waals surface area contributed by atoms with Gasteiger partial charge in [0.15, 0.2) is 0 Å². The van der Waals surface area contributed by atoms with Gasteiger partial charge >= 0.3 is 0 Å².